The van der Waals surface area contributed by atoms with Crippen molar-refractivity contribution >= 4 is 24.2 Å². The number of unbranched alkanes of at least 4 members (excludes halogenated alkanes) is 4. The minimum absolute atomic E-state index is 0.0776. The van der Waals surface area contributed by atoms with E-state index in [-0.39, 0.29) is 24.3 Å². The van der Waals surface area contributed by atoms with Gasteiger partial charge in [0.05, 0.1) is 34.4 Å². The van der Waals surface area contributed by atoms with Crippen LogP contribution in [0.2, 0.25) is 0 Å². The molecule has 0 heterocycles. The van der Waals surface area contributed by atoms with Crippen LogP contribution in [0.4, 0.5) is 9.59 Å². The zero-order valence-corrected chi connectivity index (χ0v) is 22.3. The number of rotatable bonds is 14. The third kappa shape index (κ3) is 11.8. The molecule has 12 nitrogen and oxygen atoms in total. The van der Waals surface area contributed by atoms with Gasteiger partial charge in [0.1, 0.15) is 0 Å². The smallest absolute Gasteiger partial charge is 0.432 e. The molecule has 0 aromatic heterocycles. The number of carbonyl (C=O) groups is 4. The van der Waals surface area contributed by atoms with Crippen LogP contribution in [0, 0.1) is 27.7 Å². The molecule has 0 aliphatic heterocycles. The molecule has 0 radical (unpaired) electrons. The van der Waals surface area contributed by atoms with Gasteiger partial charge in [-0.05, 0) is 63.8 Å². The van der Waals surface area contributed by atoms with Crippen molar-refractivity contribution < 1.29 is 58.3 Å². The molecule has 0 bridgehead atoms. The van der Waals surface area contributed by atoms with E-state index >= 15 is 0 Å². The van der Waals surface area contributed by atoms with E-state index in [1.807, 2.05) is 13.8 Å². The maximum atomic E-state index is 11.9. The Morgan fingerprint density at radius 3 is 1.31 bits per heavy atom. The second kappa shape index (κ2) is 16.6. The van der Waals surface area contributed by atoms with Gasteiger partial charge in [0, 0.05) is 0 Å². The molecule has 39 heavy (non-hydrogen) atoms. The molecule has 0 fully saturated rings. The van der Waals surface area contributed by atoms with Crippen LogP contribution in [-0.2, 0) is 39.1 Å². The molecule has 0 amide bonds. The highest BCUT2D eigenvalue weighted by Gasteiger charge is 2.15. The van der Waals surface area contributed by atoms with Crippen molar-refractivity contribution in [1.82, 2.24) is 0 Å². The average Bonchev–Trinajstić information content (AvgIpc) is 2.87. The first kappa shape index (κ1) is 31.1. The summed E-state index contributed by atoms with van der Waals surface area (Å²) in [7, 11) is 0. The Kier molecular flexibility index (Phi) is 13.2. The average molecular weight is 549 g/mol. The van der Waals surface area contributed by atoms with E-state index in [9.17, 15) is 19.2 Å². The highest BCUT2D eigenvalue weighted by Crippen LogP contribution is 2.13. The van der Waals surface area contributed by atoms with E-state index in [4.69, 9.17) is 9.47 Å². The monoisotopic (exact) mass is 548 g/mol. The molecule has 0 saturated heterocycles. The summed E-state index contributed by atoms with van der Waals surface area (Å²) in [4.78, 5) is 64.1. The van der Waals surface area contributed by atoms with Crippen LogP contribution in [0.15, 0.2) is 36.4 Å². The Morgan fingerprint density at radius 2 is 0.923 bits per heavy atom. The van der Waals surface area contributed by atoms with Crippen LogP contribution < -0.4 is 0 Å². The molecular formula is C27H32O12. The first-order valence-electron chi connectivity index (χ1n) is 12.3. The lowest BCUT2D eigenvalue weighted by Crippen LogP contribution is -2.13. The number of benzene rings is 2. The Bertz CT molecular complexity index is 1040. The van der Waals surface area contributed by atoms with E-state index in [1.165, 1.54) is 0 Å². The maximum absolute atomic E-state index is 11.9. The molecule has 2 rings (SSSR count). The molecular weight excluding hydrogens is 516 g/mol. The normalized spacial score (nSPS) is 10.4. The Labute approximate surface area is 225 Å². The van der Waals surface area contributed by atoms with Gasteiger partial charge in [-0.1, -0.05) is 54.7 Å². The highest BCUT2D eigenvalue weighted by molar-refractivity contribution is 5.91. The van der Waals surface area contributed by atoms with Crippen molar-refractivity contribution in [2.75, 3.05) is 13.2 Å². The van der Waals surface area contributed by atoms with Crippen molar-refractivity contribution in [2.24, 2.45) is 0 Å². The molecule has 0 aliphatic carbocycles. The lowest BCUT2D eigenvalue weighted by Gasteiger charge is -2.06. The molecule has 0 atom stereocenters. The van der Waals surface area contributed by atoms with Gasteiger partial charge in [-0.3, -0.25) is 9.78 Å². The summed E-state index contributed by atoms with van der Waals surface area (Å²) in [5.74, 6) is -1.61. The van der Waals surface area contributed by atoms with Crippen LogP contribution in [0.1, 0.15) is 75.1 Å². The van der Waals surface area contributed by atoms with Crippen LogP contribution in [-0.4, -0.2) is 37.5 Å². The molecule has 12 heteroatoms. The first-order valence-corrected chi connectivity index (χ1v) is 12.3. The molecule has 2 aromatic rings. The topological polar surface area (TPSA) is 142 Å². The Morgan fingerprint density at radius 1 is 0.538 bits per heavy atom. The van der Waals surface area contributed by atoms with Gasteiger partial charge in [-0.25, -0.2) is 29.0 Å². The van der Waals surface area contributed by atoms with Crippen molar-refractivity contribution in [2.45, 2.75) is 59.8 Å². The number of ether oxygens (including phenoxy) is 2. The fraction of sp³-hybridized carbons (Fsp3) is 0.407. The summed E-state index contributed by atoms with van der Waals surface area (Å²) in [5, 5.41) is 8.39. The van der Waals surface area contributed by atoms with Crippen molar-refractivity contribution in [3.63, 3.8) is 0 Å². The largest absolute Gasteiger partial charge is 0.543 e. The van der Waals surface area contributed by atoms with Gasteiger partial charge < -0.3 is 9.47 Å². The van der Waals surface area contributed by atoms with Gasteiger partial charge in [0.25, 0.3) is 0 Å². The van der Waals surface area contributed by atoms with Gasteiger partial charge in [-0.2, -0.15) is 0 Å². The third-order valence-corrected chi connectivity index (χ3v) is 5.36. The maximum Gasteiger partial charge on any atom is 0.543 e. The minimum atomic E-state index is -1.14. The zero-order chi connectivity index (χ0) is 28.6. The van der Waals surface area contributed by atoms with Crippen LogP contribution in [0.3, 0.4) is 0 Å². The van der Waals surface area contributed by atoms with E-state index in [0.29, 0.717) is 24.0 Å². The first-order chi connectivity index (χ1) is 18.7. The Hall–Kier alpha value is -4.16. The zero-order valence-electron chi connectivity index (χ0n) is 22.3. The summed E-state index contributed by atoms with van der Waals surface area (Å²) in [6.45, 7) is 7.41. The summed E-state index contributed by atoms with van der Waals surface area (Å²) in [6.07, 6.45) is 1.08. The molecule has 0 spiro atoms. The second-order valence-electron chi connectivity index (χ2n) is 8.65. The van der Waals surface area contributed by atoms with Crippen molar-refractivity contribution in [1.29, 1.82) is 0 Å². The Balaban J connectivity index is 1.42. The predicted octanol–water partition coefficient (Wildman–Crippen LogP) is 5.88. The molecule has 0 aliphatic rings. The molecule has 0 saturated carbocycles. The molecule has 0 unspecified atom stereocenters. The third-order valence-electron chi connectivity index (χ3n) is 5.36. The van der Waals surface area contributed by atoms with Crippen LogP contribution in [0.25, 0.3) is 0 Å². The fourth-order valence-electron chi connectivity index (χ4n) is 3.42. The summed E-state index contributed by atoms with van der Waals surface area (Å²) >= 11 is 0. The quantitative estimate of drug-likeness (QED) is 0.120. The molecule has 212 valence electrons. The standard InChI is InChI=1S/C27H32O12/c1-18-10-12-22(20(3)16-18)24(28)34-38-36-26(30)32-14-8-6-5-7-9-15-33-27(31)37-39-35-25(29)23-13-11-19(2)17-21(23)4/h10-13,16-17H,5-9,14-15H2,1-4H3. The van der Waals surface area contributed by atoms with E-state index in [0.717, 1.165) is 30.4 Å². The minimum Gasteiger partial charge on any atom is -0.432 e. The molecule has 2 aromatic carbocycles. The highest BCUT2D eigenvalue weighted by atomic mass is 17.5. The number of hydrogen-bond donors (Lipinski definition) is 0. The lowest BCUT2D eigenvalue weighted by atomic mass is 10.1. The van der Waals surface area contributed by atoms with Gasteiger partial charge >= 0.3 is 24.2 Å². The fourth-order valence-corrected chi connectivity index (χ4v) is 3.42. The number of hydrogen-bond acceptors (Lipinski definition) is 12. The van der Waals surface area contributed by atoms with E-state index in [2.05, 4.69) is 29.6 Å². The molecule has 0 N–H and O–H groups in total. The SMILES string of the molecule is Cc1ccc(C(=O)OOOC(=O)OCCCCCCCOC(=O)OOOC(=O)c2ccc(C)cc2C)c(C)c1. The van der Waals surface area contributed by atoms with Crippen LogP contribution >= 0.6 is 0 Å². The van der Waals surface area contributed by atoms with E-state index < -0.39 is 24.2 Å². The summed E-state index contributed by atoms with van der Waals surface area (Å²) in [5.41, 5.74) is 3.92. The van der Waals surface area contributed by atoms with Gasteiger partial charge in [0.15, 0.2) is 0 Å². The van der Waals surface area contributed by atoms with Crippen molar-refractivity contribution in [3.05, 3.63) is 69.8 Å². The number of aryl methyl sites for hydroxylation is 4. The summed E-state index contributed by atoms with van der Waals surface area (Å²) in [6, 6.07) is 10.2. The van der Waals surface area contributed by atoms with Crippen molar-refractivity contribution in [3.8, 4) is 0 Å². The number of carbonyl (C=O) groups excluding carboxylic acids is 4. The second-order valence-corrected chi connectivity index (χ2v) is 8.65. The van der Waals surface area contributed by atoms with Crippen LogP contribution in [0.5, 0.6) is 0 Å². The predicted molar refractivity (Wildman–Crippen MR) is 133 cm³/mol. The van der Waals surface area contributed by atoms with E-state index in [1.54, 1.807) is 50.2 Å². The summed E-state index contributed by atoms with van der Waals surface area (Å²) < 4.78 is 9.62. The van der Waals surface area contributed by atoms with Gasteiger partial charge in [-0.15, -0.1) is 0 Å². The lowest BCUT2D eigenvalue weighted by molar-refractivity contribution is -0.452. The van der Waals surface area contributed by atoms with Gasteiger partial charge in [0.2, 0.25) is 0 Å².